The van der Waals surface area contributed by atoms with Gasteiger partial charge in [0.2, 0.25) is 0 Å². The van der Waals surface area contributed by atoms with Crippen LogP contribution in [0.3, 0.4) is 0 Å². The van der Waals surface area contributed by atoms with E-state index in [1.165, 1.54) is 32.5 Å². The molecule has 2 unspecified atom stereocenters. The molecule has 0 aromatic heterocycles. The smallest absolute Gasteiger partial charge is 0.0543 e. The molecule has 1 aliphatic heterocycles. The van der Waals surface area contributed by atoms with E-state index in [2.05, 4.69) is 11.8 Å². The Morgan fingerprint density at radius 1 is 1.23 bits per heavy atom. The normalized spacial score (nSPS) is 36.5. The molecule has 2 nitrogen and oxygen atoms in total. The van der Waals surface area contributed by atoms with Gasteiger partial charge in [-0.25, -0.2) is 0 Å². The lowest BCUT2D eigenvalue weighted by Crippen LogP contribution is -2.48. The molecule has 2 aliphatic rings. The predicted molar refractivity (Wildman–Crippen MR) is 53.6 cm³/mol. The van der Waals surface area contributed by atoms with Crippen LogP contribution < -0.4 is 0 Å². The van der Waals surface area contributed by atoms with Gasteiger partial charge in [0.1, 0.15) is 0 Å². The van der Waals surface area contributed by atoms with Crippen LogP contribution in [0.25, 0.3) is 0 Å². The minimum atomic E-state index is 0.00764. The highest BCUT2D eigenvalue weighted by Gasteiger charge is 2.30. The highest BCUT2D eigenvalue weighted by atomic mass is 16.3. The van der Waals surface area contributed by atoms with Gasteiger partial charge in [0, 0.05) is 19.6 Å². The maximum absolute atomic E-state index is 9.38. The zero-order chi connectivity index (χ0) is 9.26. The standard InChI is InChI=1S/C11H21NO/c1-2-9-6-12(7-9)8-10-3-4-11(13)5-10/h9-11,13H,2-8H2,1H3. The number of nitrogens with zero attached hydrogens (tertiary/aromatic N) is 1. The Labute approximate surface area is 80.9 Å². The quantitative estimate of drug-likeness (QED) is 0.716. The Morgan fingerprint density at radius 3 is 2.54 bits per heavy atom. The van der Waals surface area contributed by atoms with Crippen LogP contribution >= 0.6 is 0 Å². The molecule has 2 rings (SSSR count). The van der Waals surface area contributed by atoms with E-state index in [-0.39, 0.29) is 6.10 Å². The van der Waals surface area contributed by atoms with Crippen molar-refractivity contribution < 1.29 is 5.11 Å². The van der Waals surface area contributed by atoms with Gasteiger partial charge < -0.3 is 10.0 Å². The average Bonchev–Trinajstić information content (AvgIpc) is 2.43. The minimum Gasteiger partial charge on any atom is -0.393 e. The third-order valence-corrected chi connectivity index (χ3v) is 3.64. The zero-order valence-electron chi connectivity index (χ0n) is 8.58. The van der Waals surface area contributed by atoms with E-state index in [9.17, 15) is 5.11 Å². The second kappa shape index (κ2) is 3.97. The van der Waals surface area contributed by atoms with E-state index < -0.39 is 0 Å². The molecule has 0 bridgehead atoms. The molecule has 1 heterocycles. The summed E-state index contributed by atoms with van der Waals surface area (Å²) in [7, 11) is 0. The third kappa shape index (κ3) is 2.23. The van der Waals surface area contributed by atoms with Gasteiger partial charge in [-0.1, -0.05) is 13.3 Å². The van der Waals surface area contributed by atoms with Crippen LogP contribution in [0.1, 0.15) is 32.6 Å². The van der Waals surface area contributed by atoms with E-state index in [1.54, 1.807) is 0 Å². The van der Waals surface area contributed by atoms with E-state index in [4.69, 9.17) is 0 Å². The molecule has 13 heavy (non-hydrogen) atoms. The Hall–Kier alpha value is -0.0800. The number of hydrogen-bond acceptors (Lipinski definition) is 2. The fraction of sp³-hybridized carbons (Fsp3) is 1.00. The third-order valence-electron chi connectivity index (χ3n) is 3.64. The summed E-state index contributed by atoms with van der Waals surface area (Å²) < 4.78 is 0. The Kier molecular flexibility index (Phi) is 2.89. The maximum Gasteiger partial charge on any atom is 0.0543 e. The number of aliphatic hydroxyl groups excluding tert-OH is 1. The van der Waals surface area contributed by atoms with E-state index in [0.717, 1.165) is 24.7 Å². The molecule has 2 atom stereocenters. The van der Waals surface area contributed by atoms with Gasteiger partial charge in [-0.15, -0.1) is 0 Å². The van der Waals surface area contributed by atoms with Crippen molar-refractivity contribution >= 4 is 0 Å². The van der Waals surface area contributed by atoms with Crippen molar-refractivity contribution in [3.8, 4) is 0 Å². The first-order valence-electron chi connectivity index (χ1n) is 5.68. The number of likely N-dealkylation sites (tertiary alicyclic amines) is 1. The van der Waals surface area contributed by atoms with Gasteiger partial charge in [-0.3, -0.25) is 0 Å². The summed E-state index contributed by atoms with van der Waals surface area (Å²) in [5.41, 5.74) is 0. The monoisotopic (exact) mass is 183 g/mol. The summed E-state index contributed by atoms with van der Waals surface area (Å²) in [6.07, 6.45) is 4.68. The van der Waals surface area contributed by atoms with Crippen molar-refractivity contribution in [3.63, 3.8) is 0 Å². The van der Waals surface area contributed by atoms with Crippen molar-refractivity contribution in [2.45, 2.75) is 38.7 Å². The summed E-state index contributed by atoms with van der Waals surface area (Å²) in [5.74, 6) is 1.75. The number of hydrogen-bond donors (Lipinski definition) is 1. The fourth-order valence-electron chi connectivity index (χ4n) is 2.66. The molecule has 0 amide bonds. The molecule has 76 valence electrons. The fourth-order valence-corrected chi connectivity index (χ4v) is 2.66. The Balaban J connectivity index is 1.64. The average molecular weight is 183 g/mol. The molecule has 0 aromatic carbocycles. The van der Waals surface area contributed by atoms with Crippen LogP contribution in [0.5, 0.6) is 0 Å². The molecule has 0 radical (unpaired) electrons. The van der Waals surface area contributed by atoms with E-state index in [0.29, 0.717) is 0 Å². The lowest BCUT2D eigenvalue weighted by atomic mass is 9.95. The van der Waals surface area contributed by atoms with E-state index in [1.807, 2.05) is 0 Å². The molecule has 2 heteroatoms. The first kappa shape index (κ1) is 9.47. The Bertz CT molecular complexity index is 165. The van der Waals surface area contributed by atoms with Crippen LogP contribution in [0, 0.1) is 11.8 Å². The lowest BCUT2D eigenvalue weighted by molar-refractivity contribution is 0.0764. The Morgan fingerprint density at radius 2 is 2.00 bits per heavy atom. The van der Waals surface area contributed by atoms with Crippen molar-refractivity contribution in [2.24, 2.45) is 11.8 Å². The second-order valence-electron chi connectivity index (χ2n) is 4.83. The van der Waals surface area contributed by atoms with Crippen molar-refractivity contribution in [2.75, 3.05) is 19.6 Å². The van der Waals surface area contributed by atoms with Crippen LogP contribution in [-0.2, 0) is 0 Å². The molecule has 0 spiro atoms. The van der Waals surface area contributed by atoms with Crippen molar-refractivity contribution in [1.29, 1.82) is 0 Å². The van der Waals surface area contributed by atoms with E-state index >= 15 is 0 Å². The SMILES string of the molecule is CCC1CN(CC2CCC(O)C2)C1. The molecule has 1 N–H and O–H groups in total. The van der Waals surface area contributed by atoms with Crippen molar-refractivity contribution in [3.05, 3.63) is 0 Å². The second-order valence-corrected chi connectivity index (χ2v) is 4.83. The summed E-state index contributed by atoms with van der Waals surface area (Å²) in [5, 5.41) is 9.38. The van der Waals surface area contributed by atoms with Gasteiger partial charge >= 0.3 is 0 Å². The highest BCUT2D eigenvalue weighted by molar-refractivity contribution is 4.83. The van der Waals surface area contributed by atoms with Crippen molar-refractivity contribution in [1.82, 2.24) is 4.90 Å². The summed E-state index contributed by atoms with van der Waals surface area (Å²) in [6, 6.07) is 0. The molecular formula is C11H21NO. The largest absolute Gasteiger partial charge is 0.393 e. The van der Waals surface area contributed by atoms with Crippen LogP contribution in [0.15, 0.2) is 0 Å². The van der Waals surface area contributed by atoms with Crippen LogP contribution in [0.2, 0.25) is 0 Å². The maximum atomic E-state index is 9.38. The lowest BCUT2D eigenvalue weighted by Gasteiger charge is -2.40. The summed E-state index contributed by atoms with van der Waals surface area (Å²) >= 11 is 0. The first-order chi connectivity index (χ1) is 6.28. The molecular weight excluding hydrogens is 162 g/mol. The molecule has 2 fully saturated rings. The van der Waals surface area contributed by atoms with Gasteiger partial charge in [-0.2, -0.15) is 0 Å². The summed E-state index contributed by atoms with van der Waals surface area (Å²) in [6.45, 7) is 6.14. The van der Waals surface area contributed by atoms with Crippen LogP contribution in [0.4, 0.5) is 0 Å². The summed E-state index contributed by atoms with van der Waals surface area (Å²) in [4.78, 5) is 2.55. The molecule has 1 saturated carbocycles. The number of aliphatic hydroxyl groups is 1. The van der Waals surface area contributed by atoms with Crippen LogP contribution in [-0.4, -0.2) is 35.7 Å². The topological polar surface area (TPSA) is 23.5 Å². The first-order valence-corrected chi connectivity index (χ1v) is 5.68. The van der Waals surface area contributed by atoms with Gasteiger partial charge in [0.25, 0.3) is 0 Å². The minimum absolute atomic E-state index is 0.00764. The highest BCUT2D eigenvalue weighted by Crippen LogP contribution is 2.29. The van der Waals surface area contributed by atoms with Gasteiger partial charge in [0.05, 0.1) is 6.10 Å². The molecule has 1 aliphatic carbocycles. The molecule has 1 saturated heterocycles. The molecule has 0 aromatic rings. The predicted octanol–water partition coefficient (Wildman–Crippen LogP) is 1.49. The van der Waals surface area contributed by atoms with Gasteiger partial charge in [0.15, 0.2) is 0 Å². The van der Waals surface area contributed by atoms with Gasteiger partial charge in [-0.05, 0) is 31.1 Å². The zero-order valence-corrected chi connectivity index (χ0v) is 8.58. The number of rotatable bonds is 3.